The van der Waals surface area contributed by atoms with Crippen LogP contribution in [0.4, 0.5) is 0 Å². The van der Waals surface area contributed by atoms with E-state index >= 15 is 0 Å². The summed E-state index contributed by atoms with van der Waals surface area (Å²) in [5.41, 5.74) is 1.60. The summed E-state index contributed by atoms with van der Waals surface area (Å²) in [7, 11) is 1.61. The zero-order chi connectivity index (χ0) is 32.9. The highest BCUT2D eigenvalue weighted by Gasteiger charge is 2.18. The summed E-state index contributed by atoms with van der Waals surface area (Å²) < 4.78 is 17.4. The van der Waals surface area contributed by atoms with E-state index in [1.807, 2.05) is 36.4 Å². The molecular weight excluding hydrogens is 578 g/mol. The van der Waals surface area contributed by atoms with Gasteiger partial charge in [0.15, 0.2) is 17.5 Å². The van der Waals surface area contributed by atoms with Gasteiger partial charge in [0.2, 0.25) is 0 Å². The fraction of sp³-hybridized carbons (Fsp3) is 0.447. The van der Waals surface area contributed by atoms with Gasteiger partial charge in [0.1, 0.15) is 28.7 Å². The van der Waals surface area contributed by atoms with Crippen LogP contribution in [0.15, 0.2) is 60.7 Å². The molecule has 0 aliphatic rings. The van der Waals surface area contributed by atoms with Crippen LogP contribution in [0.1, 0.15) is 79.1 Å². The Bertz CT molecular complexity index is 1440. The van der Waals surface area contributed by atoms with Crippen LogP contribution in [-0.2, 0) is 0 Å². The van der Waals surface area contributed by atoms with E-state index < -0.39 is 0 Å². The van der Waals surface area contributed by atoms with Gasteiger partial charge in [0, 0.05) is 17.7 Å². The van der Waals surface area contributed by atoms with Gasteiger partial charge in [-0.1, -0.05) is 66.2 Å². The second-order valence-corrected chi connectivity index (χ2v) is 11.8. The maximum absolute atomic E-state index is 11.1. The molecule has 46 heavy (non-hydrogen) atoms. The van der Waals surface area contributed by atoms with Crippen molar-refractivity contribution in [2.24, 2.45) is 11.8 Å². The van der Waals surface area contributed by atoms with Crippen molar-refractivity contribution in [2.75, 3.05) is 20.3 Å². The highest BCUT2D eigenvalue weighted by atomic mass is 16.5. The van der Waals surface area contributed by atoms with Crippen LogP contribution < -0.4 is 14.2 Å². The summed E-state index contributed by atoms with van der Waals surface area (Å²) in [6.07, 6.45) is 9.00. The first-order chi connectivity index (χ1) is 22.4. The molecule has 1 aromatic heterocycles. The molecule has 3 aromatic carbocycles. The van der Waals surface area contributed by atoms with Gasteiger partial charge >= 0.3 is 0 Å². The molecule has 0 saturated heterocycles. The Morgan fingerprint density at radius 2 is 1.02 bits per heavy atom. The molecule has 0 aliphatic carbocycles. The molecule has 8 heteroatoms. The number of hydrogen-bond donors (Lipinski definition) is 2. The minimum Gasteiger partial charge on any atom is -0.507 e. The Kier molecular flexibility index (Phi) is 13.1. The molecule has 8 nitrogen and oxygen atoms in total. The van der Waals surface area contributed by atoms with Crippen LogP contribution in [-0.4, -0.2) is 45.5 Å². The number of unbranched alkanes of at least 4 members (excludes halogenated alkanes) is 2. The number of ether oxygens (including phenoxy) is 3. The van der Waals surface area contributed by atoms with Crippen molar-refractivity contribution in [3.05, 3.63) is 60.7 Å². The smallest absolute Gasteiger partial charge is 0.167 e. The molecule has 0 saturated carbocycles. The van der Waals surface area contributed by atoms with E-state index in [1.165, 1.54) is 12.8 Å². The molecule has 0 bridgehead atoms. The summed E-state index contributed by atoms with van der Waals surface area (Å²) in [5.74, 6) is 3.77. The van der Waals surface area contributed by atoms with Gasteiger partial charge in [-0.15, -0.1) is 0 Å². The first kappa shape index (κ1) is 34.5. The fourth-order valence-electron chi connectivity index (χ4n) is 5.29. The Balaban J connectivity index is 1.65. The number of aromatic nitrogens is 3. The molecule has 0 aliphatic heterocycles. The van der Waals surface area contributed by atoms with Gasteiger partial charge in [-0.2, -0.15) is 0 Å². The van der Waals surface area contributed by atoms with Crippen LogP contribution >= 0.6 is 0 Å². The van der Waals surface area contributed by atoms with Gasteiger partial charge < -0.3 is 24.4 Å². The third kappa shape index (κ3) is 9.35. The lowest BCUT2D eigenvalue weighted by molar-refractivity contribution is 0.232. The van der Waals surface area contributed by atoms with E-state index in [1.54, 1.807) is 31.4 Å². The lowest BCUT2D eigenvalue weighted by Gasteiger charge is -2.16. The second-order valence-electron chi connectivity index (χ2n) is 11.8. The van der Waals surface area contributed by atoms with Crippen LogP contribution in [0, 0.1) is 11.8 Å². The standard InChI is InChI=1S/C38H49N3O5/c1-6-10-12-26(8-3)24-45-30-18-20-32(34(42)22-30)37-39-36(28-14-16-29(44-5)17-15-28)40-38(41-37)33-21-19-31(23-35(33)43)46-25-27(9-4)13-11-7-2/h14-23,26-27,42-43H,6-13,24-25H2,1-5H3/t26-,27-/m0/s1. The highest BCUT2D eigenvalue weighted by Crippen LogP contribution is 2.36. The molecule has 0 spiro atoms. The predicted octanol–water partition coefficient (Wildman–Crippen LogP) is 9.48. The summed E-state index contributed by atoms with van der Waals surface area (Å²) in [6, 6.07) is 17.8. The average molecular weight is 628 g/mol. The van der Waals surface area contributed by atoms with Crippen molar-refractivity contribution in [3.8, 4) is 62.9 Å². The molecule has 246 valence electrons. The Morgan fingerprint density at radius 3 is 1.41 bits per heavy atom. The third-order valence-electron chi connectivity index (χ3n) is 8.46. The van der Waals surface area contributed by atoms with E-state index in [0.717, 1.165) is 44.1 Å². The largest absolute Gasteiger partial charge is 0.507 e. The van der Waals surface area contributed by atoms with Crippen LogP contribution in [0.2, 0.25) is 0 Å². The number of phenols is 2. The first-order valence-corrected chi connectivity index (χ1v) is 16.7. The monoisotopic (exact) mass is 627 g/mol. The molecular formula is C38H49N3O5. The quantitative estimate of drug-likeness (QED) is 0.112. The number of phenolic OH excluding ortho intramolecular Hbond substituents is 2. The average Bonchev–Trinajstić information content (AvgIpc) is 3.08. The summed E-state index contributed by atoms with van der Waals surface area (Å²) >= 11 is 0. The number of hydrogen-bond acceptors (Lipinski definition) is 8. The first-order valence-electron chi connectivity index (χ1n) is 16.7. The van der Waals surface area contributed by atoms with E-state index in [0.29, 0.717) is 59.2 Å². The number of aromatic hydroxyl groups is 2. The van der Waals surface area contributed by atoms with Gasteiger partial charge in [-0.25, -0.2) is 15.0 Å². The second kappa shape index (κ2) is 17.4. The zero-order valence-electron chi connectivity index (χ0n) is 28.0. The van der Waals surface area contributed by atoms with Crippen molar-refractivity contribution < 1.29 is 24.4 Å². The van der Waals surface area contributed by atoms with Crippen molar-refractivity contribution in [3.63, 3.8) is 0 Å². The summed E-state index contributed by atoms with van der Waals surface area (Å²) in [5, 5.41) is 22.2. The number of benzene rings is 3. The maximum atomic E-state index is 11.1. The van der Waals surface area contributed by atoms with Crippen molar-refractivity contribution in [2.45, 2.75) is 79.1 Å². The van der Waals surface area contributed by atoms with Crippen molar-refractivity contribution in [1.82, 2.24) is 15.0 Å². The van der Waals surface area contributed by atoms with Gasteiger partial charge in [0.05, 0.1) is 31.5 Å². The molecule has 0 amide bonds. The molecule has 0 unspecified atom stereocenters. The maximum Gasteiger partial charge on any atom is 0.167 e. The molecule has 2 atom stereocenters. The fourth-order valence-corrected chi connectivity index (χ4v) is 5.29. The number of methoxy groups -OCH3 is 1. The molecule has 2 N–H and O–H groups in total. The Hall–Kier alpha value is -4.33. The SMILES string of the molecule is CCCC[C@H](CC)COc1ccc(-c2nc(-c3ccc(OC)cc3)nc(-c3ccc(OC[C@@H](CC)CCCC)cc3O)n2)c(O)c1. The topological polar surface area (TPSA) is 107 Å². The lowest BCUT2D eigenvalue weighted by Crippen LogP contribution is -2.11. The predicted molar refractivity (Wildman–Crippen MR) is 184 cm³/mol. The molecule has 0 radical (unpaired) electrons. The van der Waals surface area contributed by atoms with E-state index in [2.05, 4.69) is 27.7 Å². The normalized spacial score (nSPS) is 12.5. The minimum atomic E-state index is -0.00143. The third-order valence-corrected chi connectivity index (χ3v) is 8.46. The Labute approximate surface area is 273 Å². The molecule has 4 rings (SSSR count). The van der Waals surface area contributed by atoms with Crippen LogP contribution in [0.5, 0.6) is 28.7 Å². The lowest BCUT2D eigenvalue weighted by atomic mass is 10.0. The van der Waals surface area contributed by atoms with Gasteiger partial charge in [0.25, 0.3) is 0 Å². The van der Waals surface area contributed by atoms with Gasteiger partial charge in [-0.05, 0) is 73.2 Å². The van der Waals surface area contributed by atoms with E-state index in [-0.39, 0.29) is 23.1 Å². The Morgan fingerprint density at radius 1 is 0.587 bits per heavy atom. The molecule has 0 fully saturated rings. The van der Waals surface area contributed by atoms with Crippen LogP contribution in [0.3, 0.4) is 0 Å². The number of rotatable bonds is 18. The van der Waals surface area contributed by atoms with Crippen molar-refractivity contribution >= 4 is 0 Å². The van der Waals surface area contributed by atoms with E-state index in [4.69, 9.17) is 29.2 Å². The molecule has 4 aromatic rings. The van der Waals surface area contributed by atoms with Crippen LogP contribution in [0.25, 0.3) is 34.2 Å². The highest BCUT2D eigenvalue weighted by molar-refractivity contribution is 5.72. The number of nitrogens with zero attached hydrogens (tertiary/aromatic N) is 3. The minimum absolute atomic E-state index is 0.00143. The van der Waals surface area contributed by atoms with E-state index in [9.17, 15) is 10.2 Å². The zero-order valence-corrected chi connectivity index (χ0v) is 28.0. The summed E-state index contributed by atoms with van der Waals surface area (Å²) in [6.45, 7) is 9.95. The van der Waals surface area contributed by atoms with Crippen molar-refractivity contribution in [1.29, 1.82) is 0 Å². The summed E-state index contributed by atoms with van der Waals surface area (Å²) in [4.78, 5) is 14.2. The van der Waals surface area contributed by atoms with Gasteiger partial charge in [-0.3, -0.25) is 0 Å². The molecule has 1 heterocycles.